The van der Waals surface area contributed by atoms with Crippen molar-refractivity contribution in [2.24, 2.45) is 4.99 Å². The number of piperidine rings is 1. The van der Waals surface area contributed by atoms with E-state index in [1.54, 1.807) is 0 Å². The van der Waals surface area contributed by atoms with Gasteiger partial charge in [0.15, 0.2) is 5.96 Å². The zero-order valence-electron chi connectivity index (χ0n) is 15.9. The monoisotopic (exact) mass is 370 g/mol. The summed E-state index contributed by atoms with van der Waals surface area (Å²) in [5, 5.41) is 7.02. The van der Waals surface area contributed by atoms with Gasteiger partial charge in [-0.25, -0.2) is 4.99 Å². The van der Waals surface area contributed by atoms with Gasteiger partial charge in [-0.15, -0.1) is 11.3 Å². The average molecular weight is 371 g/mol. The summed E-state index contributed by atoms with van der Waals surface area (Å²) in [5.41, 5.74) is 1.40. The summed E-state index contributed by atoms with van der Waals surface area (Å²) in [6.45, 7) is 9.23. The average Bonchev–Trinajstić information content (AvgIpc) is 3.08. The van der Waals surface area contributed by atoms with Gasteiger partial charge in [-0.3, -0.25) is 4.90 Å². The van der Waals surface area contributed by atoms with E-state index in [4.69, 9.17) is 4.99 Å². The zero-order valence-corrected chi connectivity index (χ0v) is 16.7. The van der Waals surface area contributed by atoms with Crippen molar-refractivity contribution in [2.75, 3.05) is 19.6 Å². The highest BCUT2D eigenvalue weighted by Gasteiger charge is 2.20. The summed E-state index contributed by atoms with van der Waals surface area (Å²) < 4.78 is 0. The first-order valence-electron chi connectivity index (χ1n) is 9.59. The summed E-state index contributed by atoms with van der Waals surface area (Å²) in [7, 11) is 0. The van der Waals surface area contributed by atoms with Crippen LogP contribution in [0.5, 0.6) is 0 Å². The van der Waals surface area contributed by atoms with Gasteiger partial charge in [-0.05, 0) is 44.4 Å². The van der Waals surface area contributed by atoms with E-state index in [0.29, 0.717) is 6.04 Å². The molecule has 1 aliphatic rings. The normalized spacial score (nSPS) is 16.6. The van der Waals surface area contributed by atoms with Gasteiger partial charge in [0.1, 0.15) is 0 Å². The van der Waals surface area contributed by atoms with Crippen LogP contribution in [0.2, 0.25) is 0 Å². The number of hydrogen-bond acceptors (Lipinski definition) is 3. The molecule has 3 rings (SSSR count). The van der Waals surface area contributed by atoms with Gasteiger partial charge in [0.05, 0.1) is 6.54 Å². The fourth-order valence-corrected chi connectivity index (χ4v) is 4.13. The molecule has 140 valence electrons. The molecule has 4 nitrogen and oxygen atoms in total. The van der Waals surface area contributed by atoms with Crippen LogP contribution in [0.4, 0.5) is 0 Å². The maximum atomic E-state index is 4.77. The predicted molar refractivity (Wildman–Crippen MR) is 112 cm³/mol. The summed E-state index contributed by atoms with van der Waals surface area (Å²) in [6, 6.07) is 15.6. The highest BCUT2D eigenvalue weighted by atomic mass is 32.1. The molecule has 0 spiro atoms. The summed E-state index contributed by atoms with van der Waals surface area (Å²) in [6.07, 6.45) is 2.32. The minimum absolute atomic E-state index is 0.505. The molecule has 0 bridgehead atoms. The minimum atomic E-state index is 0.505. The van der Waals surface area contributed by atoms with E-state index in [1.165, 1.54) is 15.3 Å². The van der Waals surface area contributed by atoms with Crippen LogP contribution in [0, 0.1) is 6.92 Å². The van der Waals surface area contributed by atoms with Gasteiger partial charge in [0, 0.05) is 42.0 Å². The van der Waals surface area contributed by atoms with Gasteiger partial charge < -0.3 is 10.6 Å². The molecule has 0 amide bonds. The lowest BCUT2D eigenvalue weighted by Crippen LogP contribution is -2.48. The number of guanidine groups is 1. The molecular formula is C21H30N4S. The molecule has 2 N–H and O–H groups in total. The van der Waals surface area contributed by atoms with Crippen LogP contribution >= 0.6 is 11.3 Å². The topological polar surface area (TPSA) is 39.7 Å². The third-order valence-corrected chi connectivity index (χ3v) is 5.70. The second-order valence-electron chi connectivity index (χ2n) is 6.89. The molecule has 1 aliphatic heterocycles. The van der Waals surface area contributed by atoms with E-state index in [-0.39, 0.29) is 0 Å². The largest absolute Gasteiger partial charge is 0.357 e. The van der Waals surface area contributed by atoms with Crippen LogP contribution in [0.1, 0.15) is 35.1 Å². The van der Waals surface area contributed by atoms with Crippen LogP contribution in [-0.2, 0) is 13.1 Å². The number of nitrogens with one attached hydrogen (secondary N) is 2. The molecule has 0 unspecified atom stereocenters. The number of benzene rings is 1. The Bertz CT molecular complexity index is 687. The first kappa shape index (κ1) is 18.9. The molecule has 0 atom stereocenters. The van der Waals surface area contributed by atoms with Crippen molar-refractivity contribution < 1.29 is 0 Å². The Morgan fingerprint density at radius 3 is 2.58 bits per heavy atom. The van der Waals surface area contributed by atoms with E-state index < -0.39 is 0 Å². The Morgan fingerprint density at radius 2 is 1.92 bits per heavy atom. The Morgan fingerprint density at radius 1 is 1.15 bits per heavy atom. The first-order chi connectivity index (χ1) is 12.7. The molecule has 26 heavy (non-hydrogen) atoms. The van der Waals surface area contributed by atoms with Crippen molar-refractivity contribution in [1.82, 2.24) is 15.5 Å². The van der Waals surface area contributed by atoms with Crippen LogP contribution in [-0.4, -0.2) is 36.5 Å². The lowest BCUT2D eigenvalue weighted by molar-refractivity contribution is 0.198. The SMILES string of the molecule is CCNC(=NCc1ccc(C)s1)NC1CCN(Cc2ccccc2)CC1. The Labute approximate surface area is 161 Å². The first-order valence-corrected chi connectivity index (χ1v) is 10.4. The molecule has 0 saturated carbocycles. The van der Waals surface area contributed by atoms with Crippen LogP contribution in [0.3, 0.4) is 0 Å². The second-order valence-corrected chi connectivity index (χ2v) is 8.26. The Balaban J connectivity index is 1.47. The van der Waals surface area contributed by atoms with Crippen LogP contribution in [0.25, 0.3) is 0 Å². The highest BCUT2D eigenvalue weighted by molar-refractivity contribution is 7.11. The molecule has 1 aromatic carbocycles. The zero-order chi connectivity index (χ0) is 18.2. The molecule has 1 aromatic heterocycles. The van der Waals surface area contributed by atoms with Gasteiger partial charge in [-0.2, -0.15) is 0 Å². The van der Waals surface area contributed by atoms with Crippen LogP contribution < -0.4 is 10.6 Å². The number of rotatable bonds is 6. The van der Waals surface area contributed by atoms with E-state index in [9.17, 15) is 0 Å². The lowest BCUT2D eigenvalue weighted by atomic mass is 10.0. The van der Waals surface area contributed by atoms with E-state index in [2.05, 4.69) is 71.8 Å². The van der Waals surface area contributed by atoms with Crippen LogP contribution in [0.15, 0.2) is 47.5 Å². The highest BCUT2D eigenvalue weighted by Crippen LogP contribution is 2.16. The van der Waals surface area contributed by atoms with Gasteiger partial charge in [0.25, 0.3) is 0 Å². The Kier molecular flexibility index (Phi) is 7.09. The molecule has 5 heteroatoms. The maximum Gasteiger partial charge on any atom is 0.191 e. The van der Waals surface area contributed by atoms with Crippen molar-refractivity contribution in [3.8, 4) is 0 Å². The minimum Gasteiger partial charge on any atom is -0.357 e. The smallest absolute Gasteiger partial charge is 0.191 e. The molecular weight excluding hydrogens is 340 g/mol. The van der Waals surface area contributed by atoms with Gasteiger partial charge >= 0.3 is 0 Å². The summed E-state index contributed by atoms with van der Waals surface area (Å²) in [5.74, 6) is 0.945. The van der Waals surface area contributed by atoms with E-state index in [1.807, 2.05) is 11.3 Å². The summed E-state index contributed by atoms with van der Waals surface area (Å²) in [4.78, 5) is 9.98. The Hall–Kier alpha value is -1.85. The lowest BCUT2D eigenvalue weighted by Gasteiger charge is -2.33. The van der Waals surface area contributed by atoms with Crippen molar-refractivity contribution in [3.63, 3.8) is 0 Å². The molecule has 0 radical (unpaired) electrons. The number of likely N-dealkylation sites (tertiary alicyclic amines) is 1. The molecule has 2 aromatic rings. The van der Waals surface area contributed by atoms with Crippen molar-refractivity contribution in [2.45, 2.75) is 45.8 Å². The van der Waals surface area contributed by atoms with Crippen molar-refractivity contribution in [1.29, 1.82) is 0 Å². The number of aliphatic imine (C=N–C) groups is 1. The van der Waals surface area contributed by atoms with Gasteiger partial charge in [-0.1, -0.05) is 30.3 Å². The summed E-state index contributed by atoms with van der Waals surface area (Å²) >= 11 is 1.83. The number of hydrogen-bond donors (Lipinski definition) is 2. The predicted octanol–water partition coefficient (Wildman–Crippen LogP) is 3.78. The fraction of sp³-hybridized carbons (Fsp3) is 0.476. The maximum absolute atomic E-state index is 4.77. The third kappa shape index (κ3) is 5.85. The second kappa shape index (κ2) is 9.74. The van der Waals surface area contributed by atoms with E-state index in [0.717, 1.165) is 51.5 Å². The molecule has 2 heterocycles. The van der Waals surface area contributed by atoms with Crippen molar-refractivity contribution >= 4 is 17.3 Å². The molecule has 1 saturated heterocycles. The fourth-order valence-electron chi connectivity index (χ4n) is 3.32. The number of aryl methyl sites for hydroxylation is 1. The quantitative estimate of drug-likeness (QED) is 0.600. The molecule has 0 aliphatic carbocycles. The third-order valence-electron chi connectivity index (χ3n) is 4.71. The standard InChI is InChI=1S/C21H30N4S/c1-3-22-21(23-15-20-10-9-17(2)26-20)24-19-11-13-25(14-12-19)16-18-7-5-4-6-8-18/h4-10,19H,3,11-16H2,1-2H3,(H2,22,23,24). The number of nitrogens with zero attached hydrogens (tertiary/aromatic N) is 2. The molecule has 1 fully saturated rings. The van der Waals surface area contributed by atoms with Crippen molar-refractivity contribution in [3.05, 3.63) is 57.8 Å². The number of thiophene rings is 1. The van der Waals surface area contributed by atoms with E-state index >= 15 is 0 Å². The van der Waals surface area contributed by atoms with Gasteiger partial charge in [0.2, 0.25) is 0 Å².